The molecule has 0 radical (unpaired) electrons. The molecule has 2 aromatic rings. The van der Waals surface area contributed by atoms with Gasteiger partial charge < -0.3 is 5.73 Å². The number of nitrogen functional groups attached to an aromatic ring is 1. The van der Waals surface area contributed by atoms with Crippen molar-refractivity contribution in [2.45, 2.75) is 39.5 Å². The maximum atomic E-state index is 5.91. The molecule has 0 aromatic carbocycles. The van der Waals surface area contributed by atoms with Gasteiger partial charge in [0, 0.05) is 24.7 Å². The maximum absolute atomic E-state index is 5.91. The first-order valence-corrected chi connectivity index (χ1v) is 6.49. The largest absolute Gasteiger partial charge is 0.384 e. The second-order valence-corrected chi connectivity index (χ2v) is 5.77. The van der Waals surface area contributed by atoms with Gasteiger partial charge in [-0.1, -0.05) is 27.7 Å². The van der Waals surface area contributed by atoms with Crippen LogP contribution >= 0.6 is 0 Å². The van der Waals surface area contributed by atoms with Gasteiger partial charge in [-0.25, -0.2) is 9.97 Å². The van der Waals surface area contributed by atoms with Crippen molar-refractivity contribution in [1.29, 1.82) is 0 Å². The van der Waals surface area contributed by atoms with Gasteiger partial charge in [-0.05, 0) is 6.42 Å². The smallest absolute Gasteiger partial charge is 0.165 e. The van der Waals surface area contributed by atoms with Crippen LogP contribution in [0.25, 0.3) is 11.4 Å². The fourth-order valence-electron chi connectivity index (χ4n) is 1.95. The first-order chi connectivity index (χ1) is 8.81. The minimum Gasteiger partial charge on any atom is -0.384 e. The van der Waals surface area contributed by atoms with Crippen LogP contribution in [-0.4, -0.2) is 19.7 Å². The Balaban J connectivity index is 2.59. The average Bonchev–Trinajstić information content (AvgIpc) is 2.68. The number of hydrogen-bond acceptors (Lipinski definition) is 4. The molecule has 0 bridgehead atoms. The van der Waals surface area contributed by atoms with Crippen molar-refractivity contribution in [1.82, 2.24) is 19.7 Å². The third kappa shape index (κ3) is 2.75. The van der Waals surface area contributed by atoms with Gasteiger partial charge in [-0.3, -0.25) is 4.68 Å². The highest BCUT2D eigenvalue weighted by atomic mass is 15.3. The average molecular weight is 259 g/mol. The lowest BCUT2D eigenvalue weighted by atomic mass is 9.92. The van der Waals surface area contributed by atoms with Crippen molar-refractivity contribution >= 4 is 5.82 Å². The number of aromatic nitrogens is 4. The van der Waals surface area contributed by atoms with E-state index in [-0.39, 0.29) is 5.41 Å². The Labute approximate surface area is 113 Å². The predicted molar refractivity (Wildman–Crippen MR) is 76.7 cm³/mol. The Morgan fingerprint density at radius 1 is 1.26 bits per heavy atom. The highest BCUT2D eigenvalue weighted by Gasteiger charge is 2.19. The predicted octanol–water partition coefficient (Wildman–Crippen LogP) is 2.32. The Kier molecular flexibility index (Phi) is 3.30. The molecule has 2 heterocycles. The van der Waals surface area contributed by atoms with Crippen LogP contribution in [0.15, 0.2) is 12.3 Å². The third-order valence-corrected chi connectivity index (χ3v) is 3.00. The molecule has 5 heteroatoms. The molecule has 0 aliphatic carbocycles. The van der Waals surface area contributed by atoms with Crippen LogP contribution in [0, 0.1) is 0 Å². The van der Waals surface area contributed by atoms with E-state index in [9.17, 15) is 0 Å². The van der Waals surface area contributed by atoms with Crippen LogP contribution in [0.3, 0.4) is 0 Å². The standard InChI is InChI=1S/C14H21N5/c1-6-10-9(8-19(5)18-10)13-16-11(14(2,3)4)7-12(15)17-13/h7-8H,6H2,1-5H3,(H2,15,16,17). The van der Waals surface area contributed by atoms with Gasteiger partial charge in [0.25, 0.3) is 0 Å². The zero-order valence-corrected chi connectivity index (χ0v) is 12.2. The zero-order valence-electron chi connectivity index (χ0n) is 12.2. The molecule has 0 aliphatic rings. The molecule has 0 spiro atoms. The minimum absolute atomic E-state index is 0.0552. The molecule has 2 aromatic heterocycles. The molecule has 2 N–H and O–H groups in total. The summed E-state index contributed by atoms with van der Waals surface area (Å²) in [6.07, 6.45) is 2.79. The summed E-state index contributed by atoms with van der Waals surface area (Å²) in [6.45, 7) is 8.41. The number of anilines is 1. The van der Waals surface area contributed by atoms with E-state index in [1.54, 1.807) is 4.68 Å². The molecule has 2 rings (SSSR count). The number of nitrogens with zero attached hydrogens (tertiary/aromatic N) is 4. The molecule has 19 heavy (non-hydrogen) atoms. The summed E-state index contributed by atoms with van der Waals surface area (Å²) < 4.78 is 1.79. The van der Waals surface area contributed by atoms with Crippen LogP contribution in [-0.2, 0) is 18.9 Å². The van der Waals surface area contributed by atoms with E-state index in [0.717, 1.165) is 23.4 Å². The Bertz CT molecular complexity index is 592. The Morgan fingerprint density at radius 2 is 1.95 bits per heavy atom. The van der Waals surface area contributed by atoms with Crippen LogP contribution in [0.2, 0.25) is 0 Å². The number of nitrogens with two attached hydrogens (primary N) is 1. The van der Waals surface area contributed by atoms with Crippen LogP contribution in [0.5, 0.6) is 0 Å². The van der Waals surface area contributed by atoms with Gasteiger partial charge in [-0.15, -0.1) is 0 Å². The SMILES string of the molecule is CCc1nn(C)cc1-c1nc(N)cc(C(C)(C)C)n1. The normalized spacial score (nSPS) is 11.8. The minimum atomic E-state index is -0.0552. The molecule has 0 atom stereocenters. The quantitative estimate of drug-likeness (QED) is 0.898. The number of hydrogen-bond donors (Lipinski definition) is 1. The van der Waals surface area contributed by atoms with Crippen molar-refractivity contribution in [3.63, 3.8) is 0 Å². The van der Waals surface area contributed by atoms with Crippen molar-refractivity contribution in [2.24, 2.45) is 7.05 Å². The van der Waals surface area contributed by atoms with E-state index >= 15 is 0 Å². The van der Waals surface area contributed by atoms with Crippen molar-refractivity contribution in [2.75, 3.05) is 5.73 Å². The summed E-state index contributed by atoms with van der Waals surface area (Å²) in [5, 5.41) is 4.42. The van der Waals surface area contributed by atoms with E-state index in [1.807, 2.05) is 19.3 Å². The molecule has 0 amide bonds. The fraction of sp³-hybridized carbons (Fsp3) is 0.500. The zero-order chi connectivity index (χ0) is 14.2. The van der Waals surface area contributed by atoms with Gasteiger partial charge in [0.15, 0.2) is 5.82 Å². The molecule has 0 fully saturated rings. The lowest BCUT2D eigenvalue weighted by molar-refractivity contribution is 0.568. The van der Waals surface area contributed by atoms with Crippen LogP contribution < -0.4 is 5.73 Å². The molecule has 0 aliphatic heterocycles. The first-order valence-electron chi connectivity index (χ1n) is 6.49. The third-order valence-electron chi connectivity index (χ3n) is 3.00. The van der Waals surface area contributed by atoms with Gasteiger partial charge in [-0.2, -0.15) is 5.10 Å². The molecule has 0 saturated carbocycles. The molecule has 0 saturated heterocycles. The molecule has 5 nitrogen and oxygen atoms in total. The van der Waals surface area contributed by atoms with E-state index in [0.29, 0.717) is 11.6 Å². The lowest BCUT2D eigenvalue weighted by Crippen LogP contribution is -2.15. The van der Waals surface area contributed by atoms with E-state index in [2.05, 4.69) is 42.8 Å². The van der Waals surface area contributed by atoms with Gasteiger partial charge in [0.05, 0.1) is 17.0 Å². The molecular formula is C14H21N5. The van der Waals surface area contributed by atoms with Gasteiger partial charge >= 0.3 is 0 Å². The Hall–Kier alpha value is -1.91. The Morgan fingerprint density at radius 3 is 2.53 bits per heavy atom. The lowest BCUT2D eigenvalue weighted by Gasteiger charge is -2.18. The first kappa shape index (κ1) is 13.5. The highest BCUT2D eigenvalue weighted by Crippen LogP contribution is 2.26. The van der Waals surface area contributed by atoms with E-state index in [1.165, 1.54) is 0 Å². The number of rotatable bonds is 2. The van der Waals surface area contributed by atoms with Crippen molar-refractivity contribution in [3.05, 3.63) is 23.7 Å². The summed E-state index contributed by atoms with van der Waals surface area (Å²) in [5.74, 6) is 1.16. The topological polar surface area (TPSA) is 69.6 Å². The summed E-state index contributed by atoms with van der Waals surface area (Å²) in [5.41, 5.74) is 8.76. The van der Waals surface area contributed by atoms with Crippen LogP contribution in [0.4, 0.5) is 5.82 Å². The van der Waals surface area contributed by atoms with Crippen LogP contribution in [0.1, 0.15) is 39.1 Å². The number of aryl methyl sites for hydroxylation is 2. The maximum Gasteiger partial charge on any atom is 0.165 e. The molecular weight excluding hydrogens is 238 g/mol. The molecule has 0 unspecified atom stereocenters. The summed E-state index contributed by atoms with van der Waals surface area (Å²) in [6, 6.07) is 1.84. The summed E-state index contributed by atoms with van der Waals surface area (Å²) in [7, 11) is 1.90. The second kappa shape index (κ2) is 4.64. The van der Waals surface area contributed by atoms with E-state index in [4.69, 9.17) is 5.73 Å². The summed E-state index contributed by atoms with van der Waals surface area (Å²) in [4.78, 5) is 9.01. The second-order valence-electron chi connectivity index (χ2n) is 5.77. The van der Waals surface area contributed by atoms with Crippen molar-refractivity contribution < 1.29 is 0 Å². The fourth-order valence-corrected chi connectivity index (χ4v) is 1.95. The molecule has 102 valence electrons. The van der Waals surface area contributed by atoms with Gasteiger partial charge in [0.2, 0.25) is 0 Å². The summed E-state index contributed by atoms with van der Waals surface area (Å²) >= 11 is 0. The van der Waals surface area contributed by atoms with Crippen molar-refractivity contribution in [3.8, 4) is 11.4 Å². The van der Waals surface area contributed by atoms with E-state index < -0.39 is 0 Å². The monoisotopic (exact) mass is 259 g/mol. The van der Waals surface area contributed by atoms with Gasteiger partial charge in [0.1, 0.15) is 5.82 Å². The highest BCUT2D eigenvalue weighted by molar-refractivity contribution is 5.59.